The summed E-state index contributed by atoms with van der Waals surface area (Å²) < 4.78 is 0. The molecule has 0 unspecified atom stereocenters. The summed E-state index contributed by atoms with van der Waals surface area (Å²) in [5, 5.41) is 9.41. The Morgan fingerprint density at radius 2 is 1.73 bits per heavy atom. The quantitative estimate of drug-likeness (QED) is 0.620. The maximum absolute atomic E-state index is 9.41. The van der Waals surface area contributed by atoms with E-state index in [-0.39, 0.29) is 0 Å². The van der Waals surface area contributed by atoms with Crippen LogP contribution in [-0.4, -0.2) is 10.7 Å². The van der Waals surface area contributed by atoms with Crippen LogP contribution in [-0.2, 0) is 0 Å². The molecule has 66 valence electrons. The smallest absolute Gasteiger partial charge is 0.0626 e. The van der Waals surface area contributed by atoms with E-state index in [1.165, 1.54) is 5.57 Å². The second-order valence-electron chi connectivity index (χ2n) is 3.59. The van der Waals surface area contributed by atoms with Crippen molar-refractivity contribution in [2.75, 3.05) is 0 Å². The molecule has 1 heteroatoms. The third-order valence-corrected chi connectivity index (χ3v) is 1.80. The van der Waals surface area contributed by atoms with E-state index in [2.05, 4.69) is 19.9 Å². The van der Waals surface area contributed by atoms with E-state index in [1.807, 2.05) is 13.8 Å². The first kappa shape index (κ1) is 10.7. The minimum atomic E-state index is -0.546. The average molecular weight is 156 g/mol. The average Bonchev–Trinajstić information content (AvgIpc) is 1.88. The molecule has 0 bridgehead atoms. The summed E-state index contributed by atoms with van der Waals surface area (Å²) in [5.41, 5.74) is 0.891. The standard InChI is InChI=1S/C10H20O/c1-5-9(6-2)7-8-10(3,4)11/h7,11H,5-6,8H2,1-4H3. The Kier molecular flexibility index (Phi) is 4.43. The maximum atomic E-state index is 9.41. The molecule has 0 atom stereocenters. The highest BCUT2D eigenvalue weighted by atomic mass is 16.3. The van der Waals surface area contributed by atoms with Crippen LogP contribution in [0.5, 0.6) is 0 Å². The molecule has 0 fully saturated rings. The summed E-state index contributed by atoms with van der Waals surface area (Å²) >= 11 is 0. The van der Waals surface area contributed by atoms with Gasteiger partial charge in [-0.15, -0.1) is 0 Å². The van der Waals surface area contributed by atoms with Crippen molar-refractivity contribution in [1.82, 2.24) is 0 Å². The van der Waals surface area contributed by atoms with Gasteiger partial charge < -0.3 is 5.11 Å². The number of hydrogen-bond donors (Lipinski definition) is 1. The SMILES string of the molecule is CCC(=CCC(C)(C)O)CC. The van der Waals surface area contributed by atoms with Gasteiger partial charge >= 0.3 is 0 Å². The Bertz CT molecular complexity index is 122. The van der Waals surface area contributed by atoms with E-state index in [0.29, 0.717) is 0 Å². The zero-order valence-electron chi connectivity index (χ0n) is 8.15. The zero-order valence-corrected chi connectivity index (χ0v) is 8.15. The molecule has 0 spiro atoms. The van der Waals surface area contributed by atoms with E-state index < -0.39 is 5.60 Å². The molecule has 0 rings (SSSR count). The Morgan fingerprint density at radius 3 is 2.00 bits per heavy atom. The van der Waals surface area contributed by atoms with Gasteiger partial charge in [-0.3, -0.25) is 0 Å². The summed E-state index contributed by atoms with van der Waals surface area (Å²) in [6.45, 7) is 7.98. The molecule has 0 saturated carbocycles. The molecule has 0 aliphatic heterocycles. The van der Waals surface area contributed by atoms with Gasteiger partial charge in [-0.1, -0.05) is 25.5 Å². The maximum Gasteiger partial charge on any atom is 0.0626 e. The number of hydrogen-bond acceptors (Lipinski definition) is 1. The Morgan fingerprint density at radius 1 is 1.27 bits per heavy atom. The van der Waals surface area contributed by atoms with Gasteiger partial charge in [-0.2, -0.15) is 0 Å². The lowest BCUT2D eigenvalue weighted by Gasteiger charge is -2.14. The van der Waals surface area contributed by atoms with Crippen LogP contribution in [0.2, 0.25) is 0 Å². The normalized spacial score (nSPS) is 11.4. The minimum absolute atomic E-state index is 0.546. The van der Waals surface area contributed by atoms with E-state index in [1.54, 1.807) is 0 Å². The minimum Gasteiger partial charge on any atom is -0.390 e. The van der Waals surface area contributed by atoms with Crippen LogP contribution in [0.1, 0.15) is 47.0 Å². The van der Waals surface area contributed by atoms with Crippen molar-refractivity contribution in [3.63, 3.8) is 0 Å². The third kappa shape index (κ3) is 6.11. The van der Waals surface area contributed by atoms with Crippen molar-refractivity contribution >= 4 is 0 Å². The summed E-state index contributed by atoms with van der Waals surface area (Å²) in [5.74, 6) is 0. The van der Waals surface area contributed by atoms with Crippen molar-refractivity contribution in [1.29, 1.82) is 0 Å². The van der Waals surface area contributed by atoms with Crippen LogP contribution in [0.25, 0.3) is 0 Å². The molecule has 0 radical (unpaired) electrons. The highest BCUT2D eigenvalue weighted by molar-refractivity contribution is 5.01. The van der Waals surface area contributed by atoms with E-state index in [4.69, 9.17) is 0 Å². The van der Waals surface area contributed by atoms with Crippen molar-refractivity contribution in [2.45, 2.75) is 52.6 Å². The molecular formula is C10H20O. The summed E-state index contributed by atoms with van der Waals surface area (Å²) in [6.07, 6.45) is 5.13. The monoisotopic (exact) mass is 156 g/mol. The molecule has 0 aliphatic carbocycles. The number of allylic oxidation sites excluding steroid dienone is 1. The van der Waals surface area contributed by atoms with Crippen LogP contribution < -0.4 is 0 Å². The molecule has 0 amide bonds. The van der Waals surface area contributed by atoms with E-state index in [9.17, 15) is 5.11 Å². The predicted molar refractivity (Wildman–Crippen MR) is 49.6 cm³/mol. The van der Waals surface area contributed by atoms with Crippen LogP contribution in [0.4, 0.5) is 0 Å². The van der Waals surface area contributed by atoms with Gasteiger partial charge in [0.2, 0.25) is 0 Å². The van der Waals surface area contributed by atoms with E-state index in [0.717, 1.165) is 19.3 Å². The van der Waals surface area contributed by atoms with Crippen molar-refractivity contribution in [3.05, 3.63) is 11.6 Å². The van der Waals surface area contributed by atoms with Gasteiger partial charge in [0.25, 0.3) is 0 Å². The fourth-order valence-electron chi connectivity index (χ4n) is 0.933. The van der Waals surface area contributed by atoms with Crippen LogP contribution in [0.15, 0.2) is 11.6 Å². The van der Waals surface area contributed by atoms with Gasteiger partial charge in [0.15, 0.2) is 0 Å². The van der Waals surface area contributed by atoms with Crippen molar-refractivity contribution in [2.24, 2.45) is 0 Å². The summed E-state index contributed by atoms with van der Waals surface area (Å²) in [4.78, 5) is 0. The van der Waals surface area contributed by atoms with Crippen LogP contribution >= 0.6 is 0 Å². The molecule has 0 aromatic rings. The Hall–Kier alpha value is -0.300. The van der Waals surface area contributed by atoms with Crippen molar-refractivity contribution in [3.8, 4) is 0 Å². The molecule has 0 saturated heterocycles. The molecule has 1 nitrogen and oxygen atoms in total. The molecule has 1 N–H and O–H groups in total. The first-order valence-corrected chi connectivity index (χ1v) is 4.40. The predicted octanol–water partition coefficient (Wildman–Crippen LogP) is 2.89. The molecule has 0 aliphatic rings. The first-order chi connectivity index (χ1) is 4.99. The van der Waals surface area contributed by atoms with Crippen LogP contribution in [0, 0.1) is 0 Å². The lowest BCUT2D eigenvalue weighted by molar-refractivity contribution is 0.0836. The van der Waals surface area contributed by atoms with Gasteiger partial charge in [-0.25, -0.2) is 0 Å². The summed E-state index contributed by atoms with van der Waals surface area (Å²) in [6, 6.07) is 0. The number of aliphatic hydroxyl groups is 1. The fraction of sp³-hybridized carbons (Fsp3) is 0.800. The van der Waals surface area contributed by atoms with Gasteiger partial charge in [0.05, 0.1) is 5.60 Å². The van der Waals surface area contributed by atoms with Crippen molar-refractivity contribution < 1.29 is 5.11 Å². The highest BCUT2D eigenvalue weighted by Gasteiger charge is 2.09. The van der Waals surface area contributed by atoms with Gasteiger partial charge in [0, 0.05) is 0 Å². The Labute approximate surface area is 70.1 Å². The zero-order chi connectivity index (χ0) is 8.91. The van der Waals surface area contributed by atoms with E-state index >= 15 is 0 Å². The molecule has 11 heavy (non-hydrogen) atoms. The Balaban J connectivity index is 3.89. The van der Waals surface area contributed by atoms with Gasteiger partial charge in [-0.05, 0) is 33.1 Å². The molecular weight excluding hydrogens is 136 g/mol. The number of rotatable bonds is 4. The molecule has 0 heterocycles. The van der Waals surface area contributed by atoms with Gasteiger partial charge in [0.1, 0.15) is 0 Å². The largest absolute Gasteiger partial charge is 0.390 e. The fourth-order valence-corrected chi connectivity index (χ4v) is 0.933. The van der Waals surface area contributed by atoms with Crippen LogP contribution in [0.3, 0.4) is 0 Å². The first-order valence-electron chi connectivity index (χ1n) is 4.40. The lowest BCUT2D eigenvalue weighted by Crippen LogP contribution is -2.16. The lowest BCUT2D eigenvalue weighted by atomic mass is 10.0. The second kappa shape index (κ2) is 4.55. The topological polar surface area (TPSA) is 20.2 Å². The third-order valence-electron chi connectivity index (χ3n) is 1.80. The second-order valence-corrected chi connectivity index (χ2v) is 3.59. The molecule has 0 aromatic heterocycles. The summed E-state index contributed by atoms with van der Waals surface area (Å²) in [7, 11) is 0. The molecule has 0 aromatic carbocycles. The highest BCUT2D eigenvalue weighted by Crippen LogP contribution is 2.13.